The maximum Gasteiger partial charge on any atom is 0.326 e. The smallest absolute Gasteiger partial charge is 0.326 e. The first-order chi connectivity index (χ1) is 13.9. The molecule has 0 fully saturated rings. The molecular formula is C19H19N5O5. The van der Waals surface area contributed by atoms with Gasteiger partial charge >= 0.3 is 5.97 Å². The number of carboxylic acid groups (broad SMARTS) is 1. The van der Waals surface area contributed by atoms with Gasteiger partial charge in [-0.1, -0.05) is 24.3 Å². The number of hydrogen-bond donors (Lipinski definition) is 3. The molecule has 3 aromatic rings. The summed E-state index contributed by atoms with van der Waals surface area (Å²) >= 11 is 0. The molecule has 0 aliphatic carbocycles. The largest absolute Gasteiger partial charge is 0.494 e. The van der Waals surface area contributed by atoms with Crippen molar-refractivity contribution in [1.29, 1.82) is 0 Å². The molecule has 3 N–H and O–H groups in total. The third kappa shape index (κ3) is 4.32. The minimum Gasteiger partial charge on any atom is -0.494 e. The number of nitrogens with one attached hydrogen (secondary N) is 2. The zero-order valence-corrected chi connectivity index (χ0v) is 15.7. The summed E-state index contributed by atoms with van der Waals surface area (Å²) in [5, 5.41) is 15.8. The molecule has 2 aromatic heterocycles. The predicted molar refractivity (Wildman–Crippen MR) is 103 cm³/mol. The number of nitrogens with zero attached hydrogens (tertiary/aromatic N) is 3. The molecule has 2 heterocycles. The predicted octanol–water partition coefficient (Wildman–Crippen LogP) is 0.605. The van der Waals surface area contributed by atoms with Gasteiger partial charge in [0.05, 0.1) is 31.4 Å². The number of aromatic nitrogens is 4. The van der Waals surface area contributed by atoms with Gasteiger partial charge in [-0.3, -0.25) is 9.59 Å². The number of hydrogen-bond acceptors (Lipinski definition) is 6. The van der Waals surface area contributed by atoms with E-state index in [1.54, 1.807) is 31.3 Å². The minimum absolute atomic E-state index is 0.0704. The highest BCUT2D eigenvalue weighted by atomic mass is 16.5. The highest BCUT2D eigenvalue weighted by Crippen LogP contribution is 2.25. The van der Waals surface area contributed by atoms with Crippen LogP contribution in [0.2, 0.25) is 0 Å². The highest BCUT2D eigenvalue weighted by Gasteiger charge is 2.22. The number of carbonyl (C=O) groups excluding carboxylic acids is 1. The molecule has 0 aliphatic rings. The van der Waals surface area contributed by atoms with Gasteiger partial charge in [0.2, 0.25) is 0 Å². The number of aromatic amines is 1. The summed E-state index contributed by atoms with van der Waals surface area (Å²) in [6, 6.07) is 5.67. The monoisotopic (exact) mass is 397 g/mol. The van der Waals surface area contributed by atoms with Gasteiger partial charge in [0, 0.05) is 13.5 Å². The fraction of sp³-hybridized carbons (Fsp3) is 0.211. The fourth-order valence-electron chi connectivity index (χ4n) is 2.80. The Morgan fingerprint density at radius 2 is 2.00 bits per heavy atom. The van der Waals surface area contributed by atoms with Crippen molar-refractivity contribution >= 4 is 11.9 Å². The van der Waals surface area contributed by atoms with Crippen molar-refractivity contribution in [2.24, 2.45) is 7.05 Å². The Kier molecular flexibility index (Phi) is 5.72. The maximum absolute atomic E-state index is 12.4. The number of imidazole rings is 1. The van der Waals surface area contributed by atoms with Crippen LogP contribution < -0.4 is 15.6 Å². The van der Waals surface area contributed by atoms with E-state index >= 15 is 0 Å². The van der Waals surface area contributed by atoms with Crippen LogP contribution in [0.1, 0.15) is 16.1 Å². The zero-order chi connectivity index (χ0) is 21.0. The Labute approximate surface area is 165 Å². The van der Waals surface area contributed by atoms with Crippen LogP contribution in [0.5, 0.6) is 5.75 Å². The SMILES string of the molecule is COc1cnn(C)c(=O)c1-c1ccc(C[C@H](NC(=O)c2cnc[nH]2)C(=O)O)cc1. The Bertz CT molecular complexity index is 1070. The Morgan fingerprint density at radius 1 is 1.28 bits per heavy atom. The van der Waals surface area contributed by atoms with Crippen molar-refractivity contribution in [3.8, 4) is 16.9 Å². The fourth-order valence-corrected chi connectivity index (χ4v) is 2.80. The molecule has 150 valence electrons. The lowest BCUT2D eigenvalue weighted by molar-refractivity contribution is -0.139. The Morgan fingerprint density at radius 3 is 2.59 bits per heavy atom. The van der Waals surface area contributed by atoms with Crippen LogP contribution in [-0.4, -0.2) is 49.9 Å². The first-order valence-corrected chi connectivity index (χ1v) is 8.62. The number of carboxylic acids is 1. The second-order valence-electron chi connectivity index (χ2n) is 6.25. The van der Waals surface area contributed by atoms with E-state index in [0.717, 1.165) is 0 Å². The Balaban J connectivity index is 1.81. The van der Waals surface area contributed by atoms with Gasteiger partial charge < -0.3 is 20.1 Å². The number of aryl methyl sites for hydroxylation is 1. The number of amides is 1. The molecule has 0 saturated carbocycles. The topological polar surface area (TPSA) is 139 Å². The van der Waals surface area contributed by atoms with E-state index < -0.39 is 17.9 Å². The van der Waals surface area contributed by atoms with Crippen LogP contribution in [0.25, 0.3) is 11.1 Å². The zero-order valence-electron chi connectivity index (χ0n) is 15.7. The highest BCUT2D eigenvalue weighted by molar-refractivity contribution is 5.94. The van der Waals surface area contributed by atoms with Crippen molar-refractivity contribution < 1.29 is 19.4 Å². The van der Waals surface area contributed by atoms with Crippen molar-refractivity contribution in [1.82, 2.24) is 25.1 Å². The summed E-state index contributed by atoms with van der Waals surface area (Å²) in [5.41, 5.74) is 1.51. The van der Waals surface area contributed by atoms with Gasteiger partial charge in [-0.15, -0.1) is 0 Å². The number of aliphatic carboxylic acids is 1. The molecule has 0 radical (unpaired) electrons. The van der Waals surface area contributed by atoms with Gasteiger partial charge in [0.25, 0.3) is 11.5 Å². The summed E-state index contributed by atoms with van der Waals surface area (Å²) in [7, 11) is 2.99. The number of H-pyrrole nitrogens is 1. The maximum atomic E-state index is 12.4. The quantitative estimate of drug-likeness (QED) is 0.531. The number of carbonyl (C=O) groups is 2. The van der Waals surface area contributed by atoms with E-state index in [-0.39, 0.29) is 17.7 Å². The van der Waals surface area contributed by atoms with Crippen molar-refractivity contribution in [2.75, 3.05) is 7.11 Å². The molecule has 0 aliphatic heterocycles. The molecule has 1 atom stereocenters. The molecule has 10 nitrogen and oxygen atoms in total. The second-order valence-corrected chi connectivity index (χ2v) is 6.25. The average molecular weight is 397 g/mol. The molecule has 1 amide bonds. The van der Waals surface area contributed by atoms with Crippen LogP contribution in [0.4, 0.5) is 0 Å². The van der Waals surface area contributed by atoms with Crippen molar-refractivity contribution in [2.45, 2.75) is 12.5 Å². The van der Waals surface area contributed by atoms with Gasteiger partial charge in [0.15, 0.2) is 5.75 Å². The lowest BCUT2D eigenvalue weighted by Crippen LogP contribution is -2.42. The molecular weight excluding hydrogens is 378 g/mol. The van der Waals surface area contributed by atoms with Crippen LogP contribution in [0.3, 0.4) is 0 Å². The molecule has 10 heteroatoms. The van der Waals surface area contributed by atoms with E-state index in [9.17, 15) is 19.5 Å². The third-order valence-electron chi connectivity index (χ3n) is 4.35. The summed E-state index contributed by atoms with van der Waals surface area (Å²) in [6.45, 7) is 0. The van der Waals surface area contributed by atoms with Gasteiger partial charge in [-0.25, -0.2) is 14.5 Å². The van der Waals surface area contributed by atoms with Crippen LogP contribution >= 0.6 is 0 Å². The van der Waals surface area contributed by atoms with Crippen LogP contribution in [-0.2, 0) is 18.3 Å². The van der Waals surface area contributed by atoms with E-state index in [1.807, 2.05) is 0 Å². The number of methoxy groups -OCH3 is 1. The first-order valence-electron chi connectivity index (χ1n) is 8.62. The molecule has 3 rings (SSSR count). The van der Waals surface area contributed by atoms with E-state index in [2.05, 4.69) is 20.4 Å². The van der Waals surface area contributed by atoms with Crippen molar-refractivity contribution in [3.05, 3.63) is 64.6 Å². The summed E-state index contributed by atoms with van der Waals surface area (Å²) in [5.74, 6) is -1.38. The Hall–Kier alpha value is -3.95. The summed E-state index contributed by atoms with van der Waals surface area (Å²) in [4.78, 5) is 42.4. The minimum atomic E-state index is -1.16. The number of benzene rings is 1. The number of rotatable bonds is 7. The van der Waals surface area contributed by atoms with Gasteiger partial charge in [-0.2, -0.15) is 5.10 Å². The number of ether oxygens (including phenoxy) is 1. The van der Waals surface area contributed by atoms with Gasteiger partial charge in [-0.05, 0) is 11.1 Å². The molecule has 0 bridgehead atoms. The second kappa shape index (κ2) is 8.38. The molecule has 29 heavy (non-hydrogen) atoms. The average Bonchev–Trinajstić information content (AvgIpc) is 3.25. The lowest BCUT2D eigenvalue weighted by Gasteiger charge is -2.14. The third-order valence-corrected chi connectivity index (χ3v) is 4.35. The molecule has 0 saturated heterocycles. The lowest BCUT2D eigenvalue weighted by atomic mass is 10.0. The van der Waals surface area contributed by atoms with Gasteiger partial charge in [0.1, 0.15) is 11.7 Å². The standard InChI is InChI=1S/C19H19N5O5/c1-24-18(26)16(15(29-2)9-22-24)12-5-3-11(4-6-12)7-13(19(27)28)23-17(25)14-8-20-10-21-14/h3-6,8-10,13H,7H2,1-2H3,(H,20,21)(H,23,25)(H,27,28)/t13-/m0/s1. The summed E-state index contributed by atoms with van der Waals surface area (Å²) in [6.07, 6.45) is 4.17. The van der Waals surface area contributed by atoms with Crippen LogP contribution in [0.15, 0.2) is 47.8 Å². The van der Waals surface area contributed by atoms with E-state index in [1.165, 1.54) is 30.5 Å². The van der Waals surface area contributed by atoms with Crippen molar-refractivity contribution in [3.63, 3.8) is 0 Å². The summed E-state index contributed by atoms with van der Waals surface area (Å²) < 4.78 is 6.44. The molecule has 0 unspecified atom stereocenters. The van der Waals surface area contributed by atoms with E-state index in [4.69, 9.17) is 4.74 Å². The molecule has 1 aromatic carbocycles. The first kappa shape index (κ1) is 19.8. The molecule has 0 spiro atoms. The normalized spacial score (nSPS) is 11.7. The van der Waals surface area contributed by atoms with Crippen LogP contribution in [0, 0.1) is 0 Å². The van der Waals surface area contributed by atoms with E-state index in [0.29, 0.717) is 22.4 Å².